The molecule has 0 amide bonds. The predicted molar refractivity (Wildman–Crippen MR) is 58.1 cm³/mol. The van der Waals surface area contributed by atoms with Gasteiger partial charge in [0, 0.05) is 12.5 Å². The van der Waals surface area contributed by atoms with Crippen LogP contribution < -0.4 is 5.73 Å². The molecule has 1 atom stereocenters. The summed E-state index contributed by atoms with van der Waals surface area (Å²) < 4.78 is 15.9. The Morgan fingerprint density at radius 2 is 2.35 bits per heavy atom. The van der Waals surface area contributed by atoms with Gasteiger partial charge in [-0.1, -0.05) is 5.16 Å². The van der Waals surface area contributed by atoms with Crippen LogP contribution in [0.15, 0.2) is 21.1 Å². The van der Waals surface area contributed by atoms with Gasteiger partial charge < -0.3 is 19.4 Å². The molecule has 2 aromatic heterocycles. The van der Waals surface area contributed by atoms with E-state index in [2.05, 4.69) is 10.1 Å². The van der Waals surface area contributed by atoms with Gasteiger partial charge in [-0.2, -0.15) is 4.98 Å². The maximum absolute atomic E-state index is 5.47. The predicted octanol–water partition coefficient (Wildman–Crippen LogP) is 1.29. The van der Waals surface area contributed by atoms with Crippen LogP contribution in [-0.2, 0) is 11.3 Å². The first-order valence-electron chi connectivity index (χ1n) is 5.57. The molecule has 2 N–H and O–H groups in total. The zero-order valence-corrected chi connectivity index (χ0v) is 9.26. The van der Waals surface area contributed by atoms with Crippen LogP contribution in [0.1, 0.15) is 23.9 Å². The number of furan rings is 1. The van der Waals surface area contributed by atoms with Crippen LogP contribution in [0.4, 0.5) is 0 Å². The van der Waals surface area contributed by atoms with Crippen LogP contribution in [0.25, 0.3) is 11.7 Å². The van der Waals surface area contributed by atoms with Gasteiger partial charge in [0.1, 0.15) is 5.76 Å². The fraction of sp³-hybridized carbons (Fsp3) is 0.455. The van der Waals surface area contributed by atoms with Crippen LogP contribution in [0.2, 0.25) is 0 Å². The lowest BCUT2D eigenvalue weighted by molar-refractivity contribution is 0.192. The molecular formula is C11H13N3O3. The van der Waals surface area contributed by atoms with Crippen molar-refractivity contribution in [2.75, 3.05) is 13.2 Å². The lowest BCUT2D eigenvalue weighted by Crippen LogP contribution is -1.99. The molecule has 1 saturated heterocycles. The van der Waals surface area contributed by atoms with Crippen molar-refractivity contribution in [3.05, 3.63) is 23.7 Å². The number of nitrogens with two attached hydrogens (primary N) is 1. The molecule has 2 aromatic rings. The van der Waals surface area contributed by atoms with E-state index >= 15 is 0 Å². The summed E-state index contributed by atoms with van der Waals surface area (Å²) in [6, 6.07) is 3.59. The van der Waals surface area contributed by atoms with Gasteiger partial charge in [-0.15, -0.1) is 0 Å². The van der Waals surface area contributed by atoms with E-state index in [9.17, 15) is 0 Å². The molecule has 6 nitrogen and oxygen atoms in total. The van der Waals surface area contributed by atoms with Crippen LogP contribution in [-0.4, -0.2) is 23.4 Å². The van der Waals surface area contributed by atoms with Gasteiger partial charge in [0.2, 0.25) is 0 Å². The minimum absolute atomic E-state index is 0.233. The highest BCUT2D eigenvalue weighted by molar-refractivity contribution is 5.44. The van der Waals surface area contributed by atoms with E-state index < -0.39 is 0 Å². The molecule has 0 bridgehead atoms. The largest absolute Gasteiger partial charge is 0.455 e. The van der Waals surface area contributed by atoms with Crippen molar-refractivity contribution in [1.29, 1.82) is 0 Å². The van der Waals surface area contributed by atoms with E-state index in [-0.39, 0.29) is 5.92 Å². The van der Waals surface area contributed by atoms with Crippen LogP contribution in [0, 0.1) is 0 Å². The van der Waals surface area contributed by atoms with Gasteiger partial charge >= 0.3 is 0 Å². The van der Waals surface area contributed by atoms with Crippen molar-refractivity contribution < 1.29 is 13.7 Å². The summed E-state index contributed by atoms with van der Waals surface area (Å²) in [6.45, 7) is 1.77. The lowest BCUT2D eigenvalue weighted by Gasteiger charge is -1.97. The Kier molecular flexibility index (Phi) is 2.66. The summed E-state index contributed by atoms with van der Waals surface area (Å²) in [5.74, 6) is 2.57. The highest BCUT2D eigenvalue weighted by Crippen LogP contribution is 2.26. The highest BCUT2D eigenvalue weighted by atomic mass is 16.5. The van der Waals surface area contributed by atoms with Gasteiger partial charge in [-0.25, -0.2) is 0 Å². The van der Waals surface area contributed by atoms with Crippen LogP contribution in [0.3, 0.4) is 0 Å². The Labute approximate surface area is 97.7 Å². The van der Waals surface area contributed by atoms with Crippen LogP contribution >= 0.6 is 0 Å². The van der Waals surface area contributed by atoms with Crippen molar-refractivity contribution >= 4 is 0 Å². The molecule has 1 fully saturated rings. The smallest absolute Gasteiger partial charge is 0.293 e. The van der Waals surface area contributed by atoms with Gasteiger partial charge in [0.25, 0.3) is 5.89 Å². The molecule has 6 heteroatoms. The van der Waals surface area contributed by atoms with Gasteiger partial charge in [-0.05, 0) is 18.6 Å². The minimum Gasteiger partial charge on any atom is -0.455 e. The zero-order valence-electron chi connectivity index (χ0n) is 9.26. The first-order chi connectivity index (χ1) is 8.36. The van der Waals surface area contributed by atoms with Gasteiger partial charge in [-0.3, -0.25) is 0 Å². The third-order valence-electron chi connectivity index (χ3n) is 2.81. The number of hydrogen-bond acceptors (Lipinski definition) is 6. The van der Waals surface area contributed by atoms with Crippen molar-refractivity contribution in [1.82, 2.24) is 10.1 Å². The average Bonchev–Trinajstić information content (AvgIpc) is 3.09. The fourth-order valence-corrected chi connectivity index (χ4v) is 1.84. The molecule has 1 aliphatic rings. The Bertz CT molecular complexity index is 500. The molecular weight excluding hydrogens is 222 g/mol. The van der Waals surface area contributed by atoms with E-state index in [1.54, 1.807) is 12.1 Å². The van der Waals surface area contributed by atoms with Crippen molar-refractivity contribution in [3.8, 4) is 11.7 Å². The van der Waals surface area contributed by atoms with E-state index in [1.807, 2.05) is 0 Å². The second kappa shape index (κ2) is 4.31. The van der Waals surface area contributed by atoms with Crippen molar-refractivity contribution in [2.24, 2.45) is 5.73 Å². The Hall–Kier alpha value is -1.66. The van der Waals surface area contributed by atoms with Gasteiger partial charge in [0.15, 0.2) is 11.6 Å². The molecule has 0 spiro atoms. The number of rotatable bonds is 3. The Balaban J connectivity index is 1.83. The van der Waals surface area contributed by atoms with Crippen molar-refractivity contribution in [3.63, 3.8) is 0 Å². The van der Waals surface area contributed by atoms with Gasteiger partial charge in [0.05, 0.1) is 13.2 Å². The SMILES string of the molecule is NCc1ccc(-c2nc(C3CCOC3)no2)o1. The molecule has 1 aliphatic heterocycles. The topological polar surface area (TPSA) is 87.3 Å². The summed E-state index contributed by atoms with van der Waals surface area (Å²) in [5.41, 5.74) is 5.47. The summed E-state index contributed by atoms with van der Waals surface area (Å²) in [4.78, 5) is 4.32. The molecule has 90 valence electrons. The first kappa shape index (κ1) is 10.5. The minimum atomic E-state index is 0.233. The first-order valence-corrected chi connectivity index (χ1v) is 5.57. The van der Waals surface area contributed by atoms with Crippen molar-refractivity contribution in [2.45, 2.75) is 18.9 Å². The maximum Gasteiger partial charge on any atom is 0.293 e. The molecule has 0 radical (unpaired) electrons. The molecule has 0 aliphatic carbocycles. The third-order valence-corrected chi connectivity index (χ3v) is 2.81. The standard InChI is InChI=1S/C11H13N3O3/c12-5-8-1-2-9(16-8)11-13-10(14-17-11)7-3-4-15-6-7/h1-2,7H,3-6,12H2. The highest BCUT2D eigenvalue weighted by Gasteiger charge is 2.24. The maximum atomic E-state index is 5.47. The van der Waals surface area contributed by atoms with Crippen LogP contribution in [0.5, 0.6) is 0 Å². The summed E-state index contributed by atoms with van der Waals surface area (Å²) in [7, 11) is 0. The molecule has 1 unspecified atom stereocenters. The molecule has 3 rings (SSSR count). The zero-order chi connectivity index (χ0) is 11.7. The fourth-order valence-electron chi connectivity index (χ4n) is 1.84. The average molecular weight is 235 g/mol. The quantitative estimate of drug-likeness (QED) is 0.862. The summed E-state index contributed by atoms with van der Waals surface area (Å²) >= 11 is 0. The second-order valence-corrected chi connectivity index (χ2v) is 3.99. The third kappa shape index (κ3) is 1.96. The summed E-state index contributed by atoms with van der Waals surface area (Å²) in [5, 5.41) is 3.95. The lowest BCUT2D eigenvalue weighted by atomic mass is 10.1. The Morgan fingerprint density at radius 3 is 3.06 bits per heavy atom. The monoisotopic (exact) mass is 235 g/mol. The second-order valence-electron chi connectivity index (χ2n) is 3.99. The number of ether oxygens (including phenoxy) is 1. The summed E-state index contributed by atoms with van der Waals surface area (Å²) in [6.07, 6.45) is 0.936. The van der Waals surface area contributed by atoms with E-state index in [0.717, 1.165) is 13.0 Å². The molecule has 17 heavy (non-hydrogen) atoms. The number of nitrogens with zero attached hydrogens (tertiary/aromatic N) is 2. The molecule has 0 aromatic carbocycles. The van der Waals surface area contributed by atoms with E-state index in [4.69, 9.17) is 19.4 Å². The van der Waals surface area contributed by atoms with E-state index in [1.165, 1.54) is 0 Å². The van der Waals surface area contributed by atoms with E-state index in [0.29, 0.717) is 36.4 Å². The molecule has 3 heterocycles. The Morgan fingerprint density at radius 1 is 1.41 bits per heavy atom. The number of hydrogen-bond donors (Lipinski definition) is 1. The number of aromatic nitrogens is 2. The molecule has 0 saturated carbocycles. The normalized spacial score (nSPS) is 19.9.